The minimum atomic E-state index is -0.606. The van der Waals surface area contributed by atoms with Gasteiger partial charge < -0.3 is 19.3 Å². The van der Waals surface area contributed by atoms with Crippen LogP contribution < -0.4 is 4.74 Å². The van der Waals surface area contributed by atoms with Crippen LogP contribution in [0.2, 0.25) is 5.02 Å². The zero-order valence-electron chi connectivity index (χ0n) is 16.9. The molecule has 0 fully saturated rings. The first-order chi connectivity index (χ1) is 15.6. The van der Waals surface area contributed by atoms with Crippen molar-refractivity contribution in [1.29, 1.82) is 0 Å². The summed E-state index contributed by atoms with van der Waals surface area (Å²) in [7, 11) is 0. The van der Waals surface area contributed by atoms with Gasteiger partial charge in [0.1, 0.15) is 12.1 Å². The number of amides is 1. The number of fused-ring (bicyclic) bond motifs is 3. The van der Waals surface area contributed by atoms with Crippen molar-refractivity contribution in [3.8, 4) is 16.9 Å². The third-order valence-electron chi connectivity index (χ3n) is 5.93. The molecule has 0 bridgehead atoms. The maximum absolute atomic E-state index is 13.3. The molecular formula is C22H18ClN5O3S. The van der Waals surface area contributed by atoms with Gasteiger partial charge in [-0.3, -0.25) is 9.78 Å². The van der Waals surface area contributed by atoms with Gasteiger partial charge in [-0.2, -0.15) is 0 Å². The van der Waals surface area contributed by atoms with Crippen molar-refractivity contribution in [2.75, 3.05) is 6.54 Å². The van der Waals surface area contributed by atoms with E-state index in [-0.39, 0.29) is 12.5 Å². The standard InChI is InChI=1S/C22H18ClN5O3S/c23-13-5-12-6-18(22(30)27-3-4-28-11-25-26-19(28)9-27)31-20(12)16(7-13)15-1-2-24-17-8-14(10-29)32-21(15)17/h1-2,5,7-8,11,18,29H,3-4,6,9-10H2/t18-/m1/s1. The second kappa shape index (κ2) is 7.54. The smallest absolute Gasteiger partial charge is 0.264 e. The van der Waals surface area contributed by atoms with Crippen LogP contribution >= 0.6 is 22.9 Å². The SMILES string of the molecule is O=C([C@H]1Cc2cc(Cl)cc(-c3ccnc4cc(CO)sc34)c2O1)N1CCn2cnnc2C1. The van der Waals surface area contributed by atoms with Gasteiger partial charge in [-0.05, 0) is 24.3 Å². The molecular weight excluding hydrogens is 450 g/mol. The Bertz CT molecular complexity index is 1370. The lowest BCUT2D eigenvalue weighted by molar-refractivity contribution is -0.139. The van der Waals surface area contributed by atoms with Crippen LogP contribution in [0.4, 0.5) is 0 Å². The molecule has 4 aromatic rings. The largest absolute Gasteiger partial charge is 0.479 e. The van der Waals surface area contributed by atoms with E-state index in [2.05, 4.69) is 15.2 Å². The molecule has 1 aromatic carbocycles. The van der Waals surface area contributed by atoms with Crippen molar-refractivity contribution in [1.82, 2.24) is 24.6 Å². The van der Waals surface area contributed by atoms with Crippen molar-refractivity contribution in [2.45, 2.75) is 32.2 Å². The van der Waals surface area contributed by atoms with Crippen LogP contribution in [0, 0.1) is 0 Å². The Kier molecular flexibility index (Phi) is 4.63. The lowest BCUT2D eigenvalue weighted by Gasteiger charge is -2.29. The minimum absolute atomic E-state index is 0.0369. The maximum Gasteiger partial charge on any atom is 0.264 e. The van der Waals surface area contributed by atoms with Gasteiger partial charge in [0.25, 0.3) is 5.91 Å². The minimum Gasteiger partial charge on any atom is -0.479 e. The molecule has 1 N–H and O–H groups in total. The summed E-state index contributed by atoms with van der Waals surface area (Å²) in [4.78, 5) is 20.3. The van der Waals surface area contributed by atoms with Gasteiger partial charge in [0.2, 0.25) is 0 Å². The Labute approximate surface area is 192 Å². The van der Waals surface area contributed by atoms with E-state index in [9.17, 15) is 9.90 Å². The van der Waals surface area contributed by atoms with Crippen LogP contribution in [0.3, 0.4) is 0 Å². The second-order valence-electron chi connectivity index (χ2n) is 7.90. The molecule has 0 saturated carbocycles. The van der Waals surface area contributed by atoms with Crippen molar-refractivity contribution >= 4 is 39.1 Å². The fourth-order valence-corrected chi connectivity index (χ4v) is 5.64. The van der Waals surface area contributed by atoms with Gasteiger partial charge in [-0.15, -0.1) is 21.5 Å². The van der Waals surface area contributed by atoms with Gasteiger partial charge in [0.05, 0.1) is 23.4 Å². The summed E-state index contributed by atoms with van der Waals surface area (Å²) in [6.45, 7) is 1.65. The molecule has 1 atom stereocenters. The number of hydrogen-bond donors (Lipinski definition) is 1. The van der Waals surface area contributed by atoms with E-state index < -0.39 is 6.10 Å². The van der Waals surface area contributed by atoms with Crippen LogP contribution in [-0.4, -0.2) is 48.3 Å². The Morgan fingerprint density at radius 2 is 2.19 bits per heavy atom. The molecule has 2 aliphatic rings. The number of ether oxygens (including phenoxy) is 1. The summed E-state index contributed by atoms with van der Waals surface area (Å²) in [5, 5.41) is 18.2. The van der Waals surface area contributed by atoms with Crippen molar-refractivity contribution < 1.29 is 14.6 Å². The fourth-order valence-electron chi connectivity index (χ4n) is 4.40. The van der Waals surface area contributed by atoms with E-state index in [0.29, 0.717) is 36.8 Å². The topological polar surface area (TPSA) is 93.4 Å². The first kappa shape index (κ1) is 19.7. The average Bonchev–Trinajstić information content (AvgIpc) is 3.54. The van der Waals surface area contributed by atoms with Gasteiger partial charge >= 0.3 is 0 Å². The summed E-state index contributed by atoms with van der Waals surface area (Å²) in [5.74, 6) is 1.40. The average molecular weight is 468 g/mol. The molecule has 0 aliphatic carbocycles. The van der Waals surface area contributed by atoms with Gasteiger partial charge in [0, 0.05) is 52.3 Å². The Balaban J connectivity index is 1.34. The Morgan fingerprint density at radius 1 is 1.28 bits per heavy atom. The molecule has 0 unspecified atom stereocenters. The number of thiophene rings is 1. The van der Waals surface area contributed by atoms with Crippen LogP contribution in [-0.2, 0) is 30.9 Å². The van der Waals surface area contributed by atoms with E-state index >= 15 is 0 Å². The molecule has 162 valence electrons. The first-order valence-corrected chi connectivity index (χ1v) is 11.4. The Morgan fingerprint density at radius 3 is 3.06 bits per heavy atom. The van der Waals surface area contributed by atoms with Gasteiger partial charge in [-0.1, -0.05) is 11.6 Å². The highest BCUT2D eigenvalue weighted by molar-refractivity contribution is 7.19. The van der Waals surface area contributed by atoms with Gasteiger partial charge in [0.15, 0.2) is 11.9 Å². The molecule has 5 heterocycles. The molecule has 3 aromatic heterocycles. The summed E-state index contributed by atoms with van der Waals surface area (Å²) in [6.07, 6.45) is 3.28. The monoisotopic (exact) mass is 467 g/mol. The number of aliphatic hydroxyl groups excluding tert-OH is 1. The number of aliphatic hydroxyl groups is 1. The molecule has 10 heteroatoms. The number of carbonyl (C=O) groups excluding carboxylic acids is 1. The van der Waals surface area contributed by atoms with Crippen LogP contribution in [0.5, 0.6) is 5.75 Å². The number of carbonyl (C=O) groups is 1. The summed E-state index contributed by atoms with van der Waals surface area (Å²) < 4.78 is 9.17. The van der Waals surface area contributed by atoms with Crippen molar-refractivity contribution in [3.63, 3.8) is 0 Å². The summed E-state index contributed by atoms with van der Waals surface area (Å²) in [6, 6.07) is 7.54. The fraction of sp³-hybridized carbons (Fsp3) is 0.273. The number of aromatic nitrogens is 4. The molecule has 2 aliphatic heterocycles. The van der Waals surface area contributed by atoms with E-state index in [1.165, 1.54) is 11.3 Å². The highest BCUT2D eigenvalue weighted by Crippen LogP contribution is 2.44. The highest BCUT2D eigenvalue weighted by atomic mass is 35.5. The lowest BCUT2D eigenvalue weighted by Crippen LogP contribution is -2.45. The first-order valence-electron chi connectivity index (χ1n) is 10.2. The molecule has 8 nitrogen and oxygen atoms in total. The molecule has 0 radical (unpaired) electrons. The number of rotatable bonds is 3. The van der Waals surface area contributed by atoms with Crippen LogP contribution in [0.15, 0.2) is 36.8 Å². The number of pyridine rings is 1. The van der Waals surface area contributed by atoms with E-state index in [1.54, 1.807) is 17.4 Å². The molecule has 0 saturated heterocycles. The third kappa shape index (κ3) is 3.16. The van der Waals surface area contributed by atoms with Gasteiger partial charge in [-0.25, -0.2) is 0 Å². The van der Waals surface area contributed by atoms with E-state index in [4.69, 9.17) is 16.3 Å². The summed E-state index contributed by atoms with van der Waals surface area (Å²) in [5.41, 5.74) is 3.49. The number of nitrogens with zero attached hydrogens (tertiary/aromatic N) is 5. The van der Waals surface area contributed by atoms with E-state index in [0.717, 1.165) is 37.6 Å². The van der Waals surface area contributed by atoms with Crippen LogP contribution in [0.1, 0.15) is 16.3 Å². The number of benzene rings is 1. The predicted molar refractivity (Wildman–Crippen MR) is 120 cm³/mol. The van der Waals surface area contributed by atoms with E-state index in [1.807, 2.05) is 28.8 Å². The normalized spacial score (nSPS) is 17.3. The highest BCUT2D eigenvalue weighted by Gasteiger charge is 2.36. The number of hydrogen-bond acceptors (Lipinski definition) is 7. The quantitative estimate of drug-likeness (QED) is 0.497. The van der Waals surface area contributed by atoms with Crippen molar-refractivity contribution in [2.24, 2.45) is 0 Å². The maximum atomic E-state index is 13.3. The Hall–Kier alpha value is -3.01. The second-order valence-corrected chi connectivity index (χ2v) is 9.47. The zero-order chi connectivity index (χ0) is 21.8. The number of halogens is 1. The lowest BCUT2D eigenvalue weighted by atomic mass is 10.0. The molecule has 6 rings (SSSR count). The third-order valence-corrected chi connectivity index (χ3v) is 7.29. The zero-order valence-corrected chi connectivity index (χ0v) is 18.4. The molecule has 1 amide bonds. The summed E-state index contributed by atoms with van der Waals surface area (Å²) >= 11 is 7.95. The van der Waals surface area contributed by atoms with Crippen molar-refractivity contribution in [3.05, 3.63) is 58.1 Å². The molecule has 32 heavy (non-hydrogen) atoms. The van der Waals surface area contributed by atoms with Crippen LogP contribution in [0.25, 0.3) is 21.3 Å². The molecule has 0 spiro atoms. The predicted octanol–water partition coefficient (Wildman–Crippen LogP) is 3.05.